The molecule has 0 saturated carbocycles. The Bertz CT molecular complexity index is 601. The van der Waals surface area contributed by atoms with Crippen molar-refractivity contribution in [3.05, 3.63) is 52.5 Å². The molecule has 0 aliphatic rings. The zero-order valence-electron chi connectivity index (χ0n) is 12.0. The zero-order chi connectivity index (χ0) is 15.8. The topological polar surface area (TPSA) is 77.5 Å². The summed E-state index contributed by atoms with van der Waals surface area (Å²) in [5.41, 5.74) is 2.57. The molecule has 0 unspecified atom stereocenters. The van der Waals surface area contributed by atoms with Crippen LogP contribution in [0.1, 0.15) is 10.4 Å². The van der Waals surface area contributed by atoms with Crippen molar-refractivity contribution in [2.24, 2.45) is 0 Å². The number of benzene rings is 1. The van der Waals surface area contributed by atoms with Gasteiger partial charge in [-0.15, -0.1) is 11.3 Å². The first kappa shape index (κ1) is 16.0. The summed E-state index contributed by atoms with van der Waals surface area (Å²) < 4.78 is 9.78. The predicted octanol–water partition coefficient (Wildman–Crippen LogP) is 2.15. The summed E-state index contributed by atoms with van der Waals surface area (Å²) in [6, 6.07) is 8.58. The van der Waals surface area contributed by atoms with Gasteiger partial charge in [-0.2, -0.15) is 0 Å². The molecule has 0 aliphatic carbocycles. The number of aromatic nitrogens is 1. The Balaban J connectivity index is 1.91. The molecule has 1 aromatic heterocycles. The lowest BCUT2D eigenvalue weighted by molar-refractivity contribution is -0.143. The Morgan fingerprint density at radius 1 is 1.32 bits per heavy atom. The summed E-state index contributed by atoms with van der Waals surface area (Å²) >= 11 is 1.39. The number of methoxy groups -OCH3 is 1. The van der Waals surface area contributed by atoms with Crippen LogP contribution in [-0.4, -0.2) is 30.2 Å². The van der Waals surface area contributed by atoms with Crippen LogP contribution in [0.15, 0.2) is 42.0 Å². The summed E-state index contributed by atoms with van der Waals surface area (Å²) in [5.74, 6) is -0.515. The summed E-state index contributed by atoms with van der Waals surface area (Å²) in [6.07, 6.45) is 1.29. The van der Waals surface area contributed by atoms with E-state index in [1.807, 2.05) is 30.3 Å². The minimum Gasteiger partial charge on any atom is -0.467 e. The fraction of sp³-hybridized carbons (Fsp3) is 0.267. The normalized spacial score (nSPS) is 11.5. The Morgan fingerprint density at radius 3 is 2.73 bits per heavy atom. The molecule has 116 valence electrons. The summed E-state index contributed by atoms with van der Waals surface area (Å²) in [5, 5.41) is 2.53. The van der Waals surface area contributed by atoms with Crippen LogP contribution in [-0.2, 0) is 27.3 Å². The Kier molecular flexibility index (Phi) is 5.91. The van der Waals surface area contributed by atoms with Gasteiger partial charge in [-0.05, 0) is 5.56 Å². The highest BCUT2D eigenvalue weighted by Crippen LogP contribution is 2.08. The van der Waals surface area contributed by atoms with E-state index in [1.165, 1.54) is 18.4 Å². The third-order valence-electron chi connectivity index (χ3n) is 2.89. The van der Waals surface area contributed by atoms with Crippen molar-refractivity contribution in [3.8, 4) is 0 Å². The summed E-state index contributed by atoms with van der Waals surface area (Å²) in [4.78, 5) is 28.3. The molecular formula is C15H16N2O4S. The third-order valence-corrected chi connectivity index (χ3v) is 3.64. The maximum absolute atomic E-state index is 11.8. The number of hydrogen-bond acceptors (Lipinski definition) is 6. The van der Waals surface area contributed by atoms with Crippen molar-refractivity contribution in [3.63, 3.8) is 0 Å². The van der Waals surface area contributed by atoms with Crippen molar-refractivity contribution in [1.82, 2.24) is 10.3 Å². The van der Waals surface area contributed by atoms with Crippen molar-refractivity contribution in [2.75, 3.05) is 7.11 Å². The molecule has 0 bridgehead atoms. The molecule has 1 atom stereocenters. The lowest BCUT2D eigenvalue weighted by Gasteiger charge is -2.16. The van der Waals surface area contributed by atoms with Crippen LogP contribution in [0.2, 0.25) is 0 Å². The number of hydrogen-bond donors (Lipinski definition) is 1. The van der Waals surface area contributed by atoms with Gasteiger partial charge in [0.1, 0.15) is 12.6 Å². The van der Waals surface area contributed by atoms with E-state index in [9.17, 15) is 9.59 Å². The molecular weight excluding hydrogens is 304 g/mol. The molecule has 0 saturated heterocycles. The van der Waals surface area contributed by atoms with Crippen molar-refractivity contribution in [1.29, 1.82) is 0 Å². The van der Waals surface area contributed by atoms with Gasteiger partial charge in [0, 0.05) is 12.6 Å². The number of amides is 1. The Hall–Kier alpha value is -2.41. The maximum Gasteiger partial charge on any atom is 0.408 e. The highest BCUT2D eigenvalue weighted by atomic mass is 32.1. The monoisotopic (exact) mass is 320 g/mol. The van der Waals surface area contributed by atoms with E-state index in [0.29, 0.717) is 6.42 Å². The molecule has 1 N–H and O–H groups in total. The molecule has 6 nitrogen and oxygen atoms in total. The number of nitrogens with zero attached hydrogens (tertiary/aromatic N) is 1. The smallest absolute Gasteiger partial charge is 0.408 e. The molecule has 2 rings (SSSR count). The second kappa shape index (κ2) is 8.14. The zero-order valence-corrected chi connectivity index (χ0v) is 12.8. The van der Waals surface area contributed by atoms with Crippen LogP contribution in [0.4, 0.5) is 4.79 Å². The number of carbonyl (C=O) groups excluding carboxylic acids is 2. The molecule has 7 heteroatoms. The Morgan fingerprint density at radius 2 is 2.09 bits per heavy atom. The van der Waals surface area contributed by atoms with Gasteiger partial charge in [-0.1, -0.05) is 30.3 Å². The van der Waals surface area contributed by atoms with Crippen molar-refractivity contribution in [2.45, 2.75) is 19.1 Å². The number of thiazole rings is 1. The van der Waals surface area contributed by atoms with Crippen LogP contribution < -0.4 is 5.32 Å². The van der Waals surface area contributed by atoms with E-state index in [0.717, 1.165) is 10.4 Å². The second-order valence-corrected chi connectivity index (χ2v) is 5.42. The van der Waals surface area contributed by atoms with E-state index in [1.54, 1.807) is 11.7 Å². The molecule has 1 aromatic carbocycles. The lowest BCUT2D eigenvalue weighted by atomic mass is 10.1. The largest absolute Gasteiger partial charge is 0.467 e. The molecule has 22 heavy (non-hydrogen) atoms. The molecule has 0 fully saturated rings. The first-order valence-corrected chi connectivity index (χ1v) is 7.49. The van der Waals surface area contributed by atoms with Crippen LogP contribution in [0.5, 0.6) is 0 Å². The van der Waals surface area contributed by atoms with Gasteiger partial charge in [0.25, 0.3) is 0 Å². The van der Waals surface area contributed by atoms with Crippen LogP contribution >= 0.6 is 11.3 Å². The molecule has 0 radical (unpaired) electrons. The Labute approximate surface area is 132 Å². The quantitative estimate of drug-likeness (QED) is 0.825. The highest BCUT2D eigenvalue weighted by Gasteiger charge is 2.22. The number of alkyl carbamates (subject to hydrolysis) is 1. The third kappa shape index (κ3) is 4.85. The van der Waals surface area contributed by atoms with Gasteiger partial charge in [-0.25, -0.2) is 9.59 Å². The highest BCUT2D eigenvalue weighted by molar-refractivity contribution is 7.09. The predicted molar refractivity (Wildman–Crippen MR) is 81.4 cm³/mol. The number of esters is 1. The van der Waals surface area contributed by atoms with Crippen molar-refractivity contribution < 1.29 is 19.1 Å². The first-order valence-electron chi connectivity index (χ1n) is 6.61. The molecule has 0 aliphatic heterocycles. The second-order valence-electron chi connectivity index (χ2n) is 4.45. The van der Waals surface area contributed by atoms with Gasteiger partial charge in [-0.3, -0.25) is 4.98 Å². The van der Waals surface area contributed by atoms with Crippen LogP contribution in [0, 0.1) is 0 Å². The van der Waals surface area contributed by atoms with E-state index in [2.05, 4.69) is 10.3 Å². The SMILES string of the molecule is COC(=O)[C@H](Cc1ccccc1)NC(=O)OCc1cncs1. The molecule has 1 amide bonds. The van der Waals surface area contributed by atoms with Gasteiger partial charge in [0.05, 0.1) is 17.5 Å². The van der Waals surface area contributed by atoms with E-state index >= 15 is 0 Å². The van der Waals surface area contributed by atoms with Crippen molar-refractivity contribution >= 4 is 23.4 Å². The lowest BCUT2D eigenvalue weighted by Crippen LogP contribution is -2.43. The molecule has 1 heterocycles. The average Bonchev–Trinajstić information content (AvgIpc) is 3.06. The number of carbonyl (C=O) groups is 2. The van der Waals surface area contributed by atoms with Gasteiger partial charge >= 0.3 is 12.1 Å². The number of rotatable bonds is 6. The van der Waals surface area contributed by atoms with E-state index in [-0.39, 0.29) is 6.61 Å². The van der Waals surface area contributed by atoms with E-state index < -0.39 is 18.1 Å². The molecule has 2 aromatic rings. The van der Waals surface area contributed by atoms with Gasteiger partial charge < -0.3 is 14.8 Å². The number of ether oxygens (including phenoxy) is 2. The van der Waals surface area contributed by atoms with Gasteiger partial charge in [0.2, 0.25) is 0 Å². The summed E-state index contributed by atoms with van der Waals surface area (Å²) in [6.45, 7) is 0.121. The number of nitrogens with one attached hydrogen (secondary N) is 1. The fourth-order valence-corrected chi connectivity index (χ4v) is 2.33. The van der Waals surface area contributed by atoms with Crippen LogP contribution in [0.3, 0.4) is 0 Å². The minimum atomic E-state index is -0.790. The summed E-state index contributed by atoms with van der Waals surface area (Å²) in [7, 11) is 1.28. The van der Waals surface area contributed by atoms with Gasteiger partial charge in [0.15, 0.2) is 0 Å². The minimum absolute atomic E-state index is 0.121. The fourth-order valence-electron chi connectivity index (χ4n) is 1.82. The first-order chi connectivity index (χ1) is 10.7. The van der Waals surface area contributed by atoms with Crippen LogP contribution in [0.25, 0.3) is 0 Å². The standard InChI is InChI=1S/C15H16N2O4S/c1-20-14(18)13(7-11-5-3-2-4-6-11)17-15(19)21-9-12-8-16-10-22-12/h2-6,8,10,13H,7,9H2,1H3,(H,17,19)/t13-/m0/s1. The molecule has 0 spiro atoms. The average molecular weight is 320 g/mol. The van der Waals surface area contributed by atoms with E-state index in [4.69, 9.17) is 9.47 Å². The maximum atomic E-state index is 11.8.